The highest BCUT2D eigenvalue weighted by Crippen LogP contribution is 2.12. The van der Waals surface area contributed by atoms with Gasteiger partial charge in [-0.1, -0.05) is 30.3 Å². The molecule has 1 atom stereocenters. The summed E-state index contributed by atoms with van der Waals surface area (Å²) >= 11 is 0. The molecule has 1 unspecified atom stereocenters. The van der Waals surface area contributed by atoms with Crippen LogP contribution in [-0.4, -0.2) is 25.2 Å². The Morgan fingerprint density at radius 2 is 2.00 bits per heavy atom. The van der Waals surface area contributed by atoms with Gasteiger partial charge in [-0.05, 0) is 18.1 Å². The van der Waals surface area contributed by atoms with Gasteiger partial charge in [0.05, 0.1) is 6.20 Å². The number of hydrogen-bond donors (Lipinski definition) is 3. The molecule has 1 heterocycles. The number of nitrogens with one attached hydrogen (secondary N) is 2. The van der Waals surface area contributed by atoms with E-state index in [4.69, 9.17) is 5.73 Å². The van der Waals surface area contributed by atoms with Crippen molar-refractivity contribution >= 4 is 10.0 Å². The lowest BCUT2D eigenvalue weighted by Gasteiger charge is -2.12. The van der Waals surface area contributed by atoms with Crippen LogP contribution in [-0.2, 0) is 10.0 Å². The quantitative estimate of drug-likeness (QED) is 0.727. The van der Waals surface area contributed by atoms with Gasteiger partial charge in [0.2, 0.25) is 0 Å². The number of nitrogens with two attached hydrogens (primary N) is 1. The first-order valence-corrected chi connectivity index (χ1v) is 7.37. The molecular formula is C12H16N4O2S. The Morgan fingerprint density at radius 3 is 2.63 bits per heavy atom. The highest BCUT2D eigenvalue weighted by molar-refractivity contribution is 7.89. The van der Waals surface area contributed by atoms with Crippen LogP contribution < -0.4 is 10.5 Å². The van der Waals surface area contributed by atoms with E-state index in [1.165, 1.54) is 12.3 Å². The molecule has 1 aromatic heterocycles. The molecule has 0 aliphatic carbocycles. The maximum Gasteiger partial charge on any atom is 0.257 e. The monoisotopic (exact) mass is 280 g/mol. The average molecular weight is 280 g/mol. The Kier molecular flexibility index (Phi) is 4.31. The van der Waals surface area contributed by atoms with Gasteiger partial charge in [0, 0.05) is 12.6 Å². The Bertz CT molecular complexity index is 596. The lowest BCUT2D eigenvalue weighted by Crippen LogP contribution is -2.27. The van der Waals surface area contributed by atoms with E-state index in [9.17, 15) is 8.42 Å². The maximum absolute atomic E-state index is 11.8. The largest absolute Gasteiger partial charge is 0.324 e. The fourth-order valence-corrected chi connectivity index (χ4v) is 2.64. The molecule has 0 aliphatic heterocycles. The van der Waals surface area contributed by atoms with Crippen LogP contribution in [0.15, 0.2) is 47.6 Å². The van der Waals surface area contributed by atoms with Crippen molar-refractivity contribution < 1.29 is 8.42 Å². The first-order valence-electron chi connectivity index (χ1n) is 5.89. The van der Waals surface area contributed by atoms with E-state index in [1.54, 1.807) is 0 Å². The van der Waals surface area contributed by atoms with E-state index >= 15 is 0 Å². The van der Waals surface area contributed by atoms with E-state index in [0.717, 1.165) is 5.56 Å². The van der Waals surface area contributed by atoms with Gasteiger partial charge in [-0.15, -0.1) is 0 Å². The molecule has 0 bridgehead atoms. The molecule has 2 rings (SSSR count). The number of sulfonamides is 1. The van der Waals surface area contributed by atoms with Gasteiger partial charge >= 0.3 is 0 Å². The number of H-pyrrole nitrogens is 1. The molecule has 0 radical (unpaired) electrons. The second-order valence-electron chi connectivity index (χ2n) is 4.12. The third-order valence-corrected chi connectivity index (χ3v) is 4.13. The molecule has 4 N–H and O–H groups in total. The van der Waals surface area contributed by atoms with Crippen molar-refractivity contribution in [3.63, 3.8) is 0 Å². The molecule has 0 fully saturated rings. The Hall–Kier alpha value is -1.70. The zero-order valence-corrected chi connectivity index (χ0v) is 11.1. The number of aromatic nitrogens is 2. The summed E-state index contributed by atoms with van der Waals surface area (Å²) < 4.78 is 26.1. The molecule has 19 heavy (non-hydrogen) atoms. The van der Waals surface area contributed by atoms with Crippen LogP contribution in [0.3, 0.4) is 0 Å². The topological polar surface area (TPSA) is 101 Å². The van der Waals surface area contributed by atoms with Crippen LogP contribution >= 0.6 is 0 Å². The van der Waals surface area contributed by atoms with E-state index in [0.29, 0.717) is 6.42 Å². The zero-order valence-electron chi connectivity index (χ0n) is 10.3. The van der Waals surface area contributed by atoms with E-state index < -0.39 is 10.0 Å². The number of aromatic amines is 1. The van der Waals surface area contributed by atoms with Crippen LogP contribution in [0.25, 0.3) is 0 Å². The number of rotatable bonds is 6. The summed E-state index contributed by atoms with van der Waals surface area (Å²) in [5.41, 5.74) is 6.98. The summed E-state index contributed by atoms with van der Waals surface area (Å²) in [6.45, 7) is 0.275. The number of benzene rings is 1. The fraction of sp³-hybridized carbons (Fsp3) is 0.250. The number of nitrogens with zero attached hydrogens (tertiary/aromatic N) is 1. The summed E-state index contributed by atoms with van der Waals surface area (Å²) in [4.78, 5) is 0. The van der Waals surface area contributed by atoms with Crippen molar-refractivity contribution in [3.8, 4) is 0 Å². The second kappa shape index (κ2) is 5.96. The van der Waals surface area contributed by atoms with Crippen molar-refractivity contribution in [2.75, 3.05) is 6.54 Å². The third kappa shape index (κ3) is 3.63. The molecule has 0 saturated heterocycles. The lowest BCUT2D eigenvalue weighted by atomic mass is 10.1. The minimum Gasteiger partial charge on any atom is -0.324 e. The molecule has 102 valence electrons. The summed E-state index contributed by atoms with van der Waals surface area (Å²) in [5.74, 6) is 0. The van der Waals surface area contributed by atoms with Gasteiger partial charge in [-0.3, -0.25) is 5.10 Å². The van der Waals surface area contributed by atoms with E-state index in [1.807, 2.05) is 30.3 Å². The predicted octanol–water partition coefficient (Wildman–Crippen LogP) is 0.778. The van der Waals surface area contributed by atoms with Gasteiger partial charge in [-0.25, -0.2) is 13.1 Å². The summed E-state index contributed by atoms with van der Waals surface area (Å²) in [6.07, 6.45) is 1.92. The molecule has 0 spiro atoms. The SMILES string of the molecule is NC(CCNS(=O)(=O)c1ccn[nH]1)c1ccccc1. The number of hydrogen-bond acceptors (Lipinski definition) is 4. The van der Waals surface area contributed by atoms with Gasteiger partial charge in [0.25, 0.3) is 10.0 Å². The molecule has 1 aromatic carbocycles. The lowest BCUT2D eigenvalue weighted by molar-refractivity contribution is 0.565. The van der Waals surface area contributed by atoms with Crippen LogP contribution in [0.2, 0.25) is 0 Å². The van der Waals surface area contributed by atoms with Gasteiger partial charge in [-0.2, -0.15) is 5.10 Å². The molecule has 0 aliphatic rings. The van der Waals surface area contributed by atoms with Crippen LogP contribution in [0.5, 0.6) is 0 Å². The van der Waals surface area contributed by atoms with E-state index in [2.05, 4.69) is 14.9 Å². The molecular weight excluding hydrogens is 264 g/mol. The Balaban J connectivity index is 1.87. The molecule has 6 nitrogen and oxygen atoms in total. The average Bonchev–Trinajstić information content (AvgIpc) is 2.94. The smallest absolute Gasteiger partial charge is 0.257 e. The van der Waals surface area contributed by atoms with Gasteiger partial charge in [0.15, 0.2) is 5.03 Å². The van der Waals surface area contributed by atoms with Crippen molar-refractivity contribution in [3.05, 3.63) is 48.2 Å². The van der Waals surface area contributed by atoms with E-state index in [-0.39, 0.29) is 17.6 Å². The summed E-state index contributed by atoms with van der Waals surface area (Å²) in [5, 5.41) is 6.08. The molecule has 0 saturated carbocycles. The van der Waals surface area contributed by atoms with Crippen LogP contribution in [0.1, 0.15) is 18.0 Å². The zero-order chi connectivity index (χ0) is 13.7. The first kappa shape index (κ1) is 13.7. The van der Waals surface area contributed by atoms with Crippen LogP contribution in [0, 0.1) is 0 Å². The van der Waals surface area contributed by atoms with Crippen molar-refractivity contribution in [1.82, 2.24) is 14.9 Å². The van der Waals surface area contributed by atoms with Crippen molar-refractivity contribution in [2.24, 2.45) is 5.73 Å². The highest BCUT2D eigenvalue weighted by atomic mass is 32.2. The van der Waals surface area contributed by atoms with Crippen LogP contribution in [0.4, 0.5) is 0 Å². The molecule has 2 aromatic rings. The second-order valence-corrected chi connectivity index (χ2v) is 5.86. The predicted molar refractivity (Wildman–Crippen MR) is 71.8 cm³/mol. The van der Waals surface area contributed by atoms with Crippen molar-refractivity contribution in [1.29, 1.82) is 0 Å². The maximum atomic E-state index is 11.8. The Morgan fingerprint density at radius 1 is 1.26 bits per heavy atom. The highest BCUT2D eigenvalue weighted by Gasteiger charge is 2.15. The molecule has 0 amide bonds. The molecule has 7 heteroatoms. The summed E-state index contributed by atoms with van der Waals surface area (Å²) in [6, 6.07) is 10.8. The Labute approximate surface area is 112 Å². The minimum absolute atomic E-state index is 0.0563. The van der Waals surface area contributed by atoms with Gasteiger partial charge in [0.1, 0.15) is 0 Å². The van der Waals surface area contributed by atoms with Crippen molar-refractivity contribution in [2.45, 2.75) is 17.5 Å². The standard InChI is InChI=1S/C12H16N4O2S/c13-11(10-4-2-1-3-5-10)6-9-15-19(17,18)12-7-8-14-16-12/h1-5,7-8,11,15H,6,9,13H2,(H,14,16). The third-order valence-electron chi connectivity index (χ3n) is 2.74. The normalized spacial score (nSPS) is 13.3. The fourth-order valence-electron chi connectivity index (χ4n) is 1.69. The first-order chi connectivity index (χ1) is 9.09. The summed E-state index contributed by atoms with van der Waals surface area (Å²) in [7, 11) is -3.52. The van der Waals surface area contributed by atoms with Gasteiger partial charge < -0.3 is 5.73 Å². The minimum atomic E-state index is -3.52.